The SMILES string of the molecule is N#Cc1ccc([S+]([O-])c2ccc(CO)cc2)cc1. The topological polar surface area (TPSA) is 67.1 Å². The summed E-state index contributed by atoms with van der Waals surface area (Å²) in [6.45, 7) is -0.0240. The van der Waals surface area contributed by atoms with Gasteiger partial charge in [-0.05, 0) is 42.0 Å². The molecule has 2 aromatic carbocycles. The molecular weight excluding hydrogens is 246 g/mol. The number of hydrogen-bond acceptors (Lipinski definition) is 3. The summed E-state index contributed by atoms with van der Waals surface area (Å²) in [6, 6.07) is 15.7. The monoisotopic (exact) mass is 257 g/mol. The largest absolute Gasteiger partial charge is 0.606 e. The first-order chi connectivity index (χ1) is 8.74. The number of aliphatic hydroxyl groups excluding tert-OH is 1. The Morgan fingerprint density at radius 1 is 1.00 bits per heavy atom. The summed E-state index contributed by atoms with van der Waals surface area (Å²) in [5, 5.41) is 17.6. The molecule has 0 aliphatic heterocycles. The van der Waals surface area contributed by atoms with Gasteiger partial charge in [-0.3, -0.25) is 0 Å². The van der Waals surface area contributed by atoms with E-state index in [9.17, 15) is 4.55 Å². The maximum Gasteiger partial charge on any atom is 0.158 e. The fourth-order valence-corrected chi connectivity index (χ4v) is 2.55. The molecule has 4 heteroatoms. The highest BCUT2D eigenvalue weighted by molar-refractivity contribution is 7.91. The molecule has 0 bridgehead atoms. The van der Waals surface area contributed by atoms with Crippen molar-refractivity contribution in [2.75, 3.05) is 0 Å². The van der Waals surface area contributed by atoms with E-state index < -0.39 is 11.2 Å². The zero-order chi connectivity index (χ0) is 13.0. The fourth-order valence-electron chi connectivity index (χ4n) is 1.51. The predicted octanol–water partition coefficient (Wildman–Crippen LogP) is 2.22. The first-order valence-corrected chi connectivity index (χ1v) is 6.51. The lowest BCUT2D eigenvalue weighted by atomic mass is 10.2. The van der Waals surface area contributed by atoms with Gasteiger partial charge in [-0.1, -0.05) is 12.1 Å². The molecule has 18 heavy (non-hydrogen) atoms. The molecule has 3 nitrogen and oxygen atoms in total. The van der Waals surface area contributed by atoms with Crippen LogP contribution in [0.2, 0.25) is 0 Å². The molecule has 1 atom stereocenters. The van der Waals surface area contributed by atoms with Crippen LogP contribution in [0.1, 0.15) is 11.1 Å². The Kier molecular flexibility index (Phi) is 4.00. The average Bonchev–Trinajstić information content (AvgIpc) is 2.47. The highest BCUT2D eigenvalue weighted by Crippen LogP contribution is 2.21. The minimum atomic E-state index is -1.26. The van der Waals surface area contributed by atoms with E-state index >= 15 is 0 Å². The lowest BCUT2D eigenvalue weighted by Gasteiger charge is -2.10. The lowest BCUT2D eigenvalue weighted by Crippen LogP contribution is -2.02. The van der Waals surface area contributed by atoms with Crippen molar-refractivity contribution in [1.29, 1.82) is 5.26 Å². The van der Waals surface area contributed by atoms with Crippen molar-refractivity contribution < 1.29 is 9.66 Å². The third-order valence-corrected chi connectivity index (χ3v) is 3.92. The summed E-state index contributed by atoms with van der Waals surface area (Å²) in [7, 11) is 0. The minimum absolute atomic E-state index is 0.0240. The summed E-state index contributed by atoms with van der Waals surface area (Å²) in [4.78, 5) is 1.34. The Hall–Kier alpha value is -1.80. The van der Waals surface area contributed by atoms with Crippen molar-refractivity contribution in [2.24, 2.45) is 0 Å². The van der Waals surface area contributed by atoms with Gasteiger partial charge in [0.05, 0.1) is 18.2 Å². The van der Waals surface area contributed by atoms with Gasteiger partial charge in [0, 0.05) is 11.2 Å². The lowest BCUT2D eigenvalue weighted by molar-refractivity contribution is 0.282. The Labute approximate surface area is 108 Å². The maximum atomic E-state index is 12.2. The number of nitriles is 1. The molecular formula is C14H11NO2S. The van der Waals surface area contributed by atoms with E-state index in [4.69, 9.17) is 10.4 Å². The molecule has 0 amide bonds. The molecule has 0 fully saturated rings. The fraction of sp³-hybridized carbons (Fsp3) is 0.0714. The van der Waals surface area contributed by atoms with E-state index in [1.807, 2.05) is 6.07 Å². The predicted molar refractivity (Wildman–Crippen MR) is 68.2 cm³/mol. The second kappa shape index (κ2) is 5.69. The van der Waals surface area contributed by atoms with E-state index in [2.05, 4.69) is 0 Å². The van der Waals surface area contributed by atoms with Crippen LogP contribution in [0.5, 0.6) is 0 Å². The summed E-state index contributed by atoms with van der Waals surface area (Å²) in [5.74, 6) is 0. The van der Waals surface area contributed by atoms with Crippen LogP contribution in [0, 0.1) is 11.3 Å². The van der Waals surface area contributed by atoms with Crippen molar-refractivity contribution >= 4 is 11.2 Å². The van der Waals surface area contributed by atoms with Crippen LogP contribution in [0.25, 0.3) is 0 Å². The molecule has 2 aromatic rings. The van der Waals surface area contributed by atoms with E-state index in [-0.39, 0.29) is 6.61 Å². The molecule has 2 rings (SSSR count). The smallest absolute Gasteiger partial charge is 0.158 e. The van der Waals surface area contributed by atoms with Crippen molar-refractivity contribution in [1.82, 2.24) is 0 Å². The quantitative estimate of drug-likeness (QED) is 0.857. The number of benzene rings is 2. The van der Waals surface area contributed by atoms with Crippen LogP contribution in [-0.4, -0.2) is 9.66 Å². The molecule has 0 aromatic heterocycles. The second-order valence-corrected chi connectivity index (χ2v) is 5.19. The Morgan fingerprint density at radius 2 is 1.50 bits per heavy atom. The number of rotatable bonds is 3. The van der Waals surface area contributed by atoms with Gasteiger partial charge in [-0.25, -0.2) is 0 Å². The summed E-state index contributed by atoms with van der Waals surface area (Å²) in [5.41, 5.74) is 1.34. The van der Waals surface area contributed by atoms with Gasteiger partial charge < -0.3 is 9.66 Å². The Balaban J connectivity index is 2.23. The number of nitrogens with zero attached hydrogens (tertiary/aromatic N) is 1. The van der Waals surface area contributed by atoms with Crippen LogP contribution in [0.15, 0.2) is 58.3 Å². The molecule has 0 saturated carbocycles. The van der Waals surface area contributed by atoms with Gasteiger partial charge in [0.25, 0.3) is 0 Å². The molecule has 0 radical (unpaired) electrons. The van der Waals surface area contributed by atoms with Crippen LogP contribution >= 0.6 is 0 Å². The highest BCUT2D eigenvalue weighted by Gasteiger charge is 2.14. The van der Waals surface area contributed by atoms with E-state index in [1.165, 1.54) is 0 Å². The molecule has 0 aliphatic rings. The van der Waals surface area contributed by atoms with E-state index in [0.717, 1.165) is 5.56 Å². The third kappa shape index (κ3) is 2.71. The van der Waals surface area contributed by atoms with Crippen molar-refractivity contribution in [3.05, 3.63) is 59.7 Å². The van der Waals surface area contributed by atoms with Gasteiger partial charge >= 0.3 is 0 Å². The van der Waals surface area contributed by atoms with Crippen LogP contribution in [0.4, 0.5) is 0 Å². The molecule has 0 spiro atoms. The minimum Gasteiger partial charge on any atom is -0.606 e. The zero-order valence-electron chi connectivity index (χ0n) is 9.54. The number of hydrogen-bond donors (Lipinski definition) is 1. The second-order valence-electron chi connectivity index (χ2n) is 3.71. The first-order valence-electron chi connectivity index (χ1n) is 5.36. The standard InChI is InChI=1S/C14H11NO2S/c15-9-11-1-5-13(6-2-11)18(17)14-7-3-12(10-16)4-8-14/h1-8,16H,10H2. The van der Waals surface area contributed by atoms with Crippen LogP contribution in [-0.2, 0) is 17.8 Å². The van der Waals surface area contributed by atoms with Gasteiger partial charge in [0.2, 0.25) is 0 Å². The van der Waals surface area contributed by atoms with Crippen LogP contribution in [0.3, 0.4) is 0 Å². The van der Waals surface area contributed by atoms with Crippen molar-refractivity contribution in [3.63, 3.8) is 0 Å². The normalized spacial score (nSPS) is 11.8. The molecule has 90 valence electrons. The highest BCUT2D eigenvalue weighted by atomic mass is 32.2. The summed E-state index contributed by atoms with van der Waals surface area (Å²) >= 11 is -1.26. The van der Waals surface area contributed by atoms with Crippen molar-refractivity contribution in [2.45, 2.75) is 16.4 Å². The molecule has 0 heterocycles. The maximum absolute atomic E-state index is 12.2. The van der Waals surface area contributed by atoms with Crippen molar-refractivity contribution in [3.8, 4) is 6.07 Å². The molecule has 1 unspecified atom stereocenters. The van der Waals surface area contributed by atoms with Gasteiger partial charge in [0.15, 0.2) is 9.79 Å². The van der Waals surface area contributed by atoms with Gasteiger partial charge in [-0.2, -0.15) is 5.26 Å². The summed E-state index contributed by atoms with van der Waals surface area (Å²) < 4.78 is 12.2. The molecule has 0 aliphatic carbocycles. The van der Waals surface area contributed by atoms with Gasteiger partial charge in [0.1, 0.15) is 0 Å². The van der Waals surface area contributed by atoms with Crippen LogP contribution < -0.4 is 0 Å². The van der Waals surface area contributed by atoms with Gasteiger partial charge in [-0.15, -0.1) is 0 Å². The van der Waals surface area contributed by atoms with E-state index in [0.29, 0.717) is 15.4 Å². The average molecular weight is 257 g/mol. The summed E-state index contributed by atoms with van der Waals surface area (Å²) in [6.07, 6.45) is 0. The number of aliphatic hydroxyl groups is 1. The van der Waals surface area contributed by atoms with E-state index in [1.54, 1.807) is 48.5 Å². The molecule has 0 saturated heterocycles. The Bertz CT molecular complexity index is 558. The first kappa shape index (κ1) is 12.7. The third-order valence-electron chi connectivity index (χ3n) is 2.52. The zero-order valence-corrected chi connectivity index (χ0v) is 10.4. The Morgan fingerprint density at radius 3 is 1.94 bits per heavy atom. The molecule has 1 N–H and O–H groups in total.